The van der Waals surface area contributed by atoms with Crippen molar-refractivity contribution in [2.75, 3.05) is 0 Å². The molecule has 3 nitrogen and oxygen atoms in total. The molecule has 0 unspecified atom stereocenters. The smallest absolute Gasteiger partial charge is 0.306 e. The van der Waals surface area contributed by atoms with E-state index in [1.54, 1.807) is 6.08 Å². The quantitative estimate of drug-likeness (QED) is 0.105. The highest BCUT2D eigenvalue weighted by Gasteiger charge is 2.43. The van der Waals surface area contributed by atoms with Crippen LogP contribution >= 0.6 is 0 Å². The molecule has 0 aromatic heterocycles. The summed E-state index contributed by atoms with van der Waals surface area (Å²) < 4.78 is 12.8. The Labute approximate surface area is 200 Å². The molecule has 1 aliphatic rings. The molecule has 0 heterocycles. The molecule has 0 N–H and O–H groups in total. The van der Waals surface area contributed by atoms with Gasteiger partial charge in [-0.1, -0.05) is 66.0 Å². The number of hydrogen-bond acceptors (Lipinski definition) is 3. The van der Waals surface area contributed by atoms with Crippen molar-refractivity contribution in [2.45, 2.75) is 129 Å². The molecule has 1 rings (SSSR count). The SMILES string of the molecule is C=CCCC(=O)O[C@H]1C[C@@H](C)[C@H](CC[C@H](CCCCC)O[Si](C)(C)C(C)(C)C)[C@H]1CC=C. The van der Waals surface area contributed by atoms with Crippen LogP contribution in [0, 0.1) is 17.8 Å². The Morgan fingerprint density at radius 1 is 1.12 bits per heavy atom. The van der Waals surface area contributed by atoms with Crippen LogP contribution in [0.15, 0.2) is 25.3 Å². The molecule has 1 fully saturated rings. The van der Waals surface area contributed by atoms with E-state index in [2.05, 4.69) is 60.9 Å². The van der Waals surface area contributed by atoms with Crippen LogP contribution in [0.5, 0.6) is 0 Å². The summed E-state index contributed by atoms with van der Waals surface area (Å²) in [7, 11) is -1.80. The van der Waals surface area contributed by atoms with Gasteiger partial charge in [0.2, 0.25) is 0 Å². The zero-order chi connectivity index (χ0) is 24.4. The number of carbonyl (C=O) groups is 1. The summed E-state index contributed by atoms with van der Waals surface area (Å²) in [6, 6.07) is 0. The van der Waals surface area contributed by atoms with Crippen molar-refractivity contribution in [1.29, 1.82) is 0 Å². The highest BCUT2D eigenvalue weighted by molar-refractivity contribution is 6.74. The number of unbranched alkanes of at least 4 members (excludes halogenated alkanes) is 2. The van der Waals surface area contributed by atoms with Gasteiger partial charge in [0.15, 0.2) is 8.32 Å². The van der Waals surface area contributed by atoms with E-state index >= 15 is 0 Å². The third-order valence-electron chi connectivity index (χ3n) is 7.86. The van der Waals surface area contributed by atoms with Crippen molar-refractivity contribution in [3.8, 4) is 0 Å². The van der Waals surface area contributed by atoms with Gasteiger partial charge >= 0.3 is 5.97 Å². The summed E-state index contributed by atoms with van der Waals surface area (Å²) in [5.41, 5.74) is 0. The van der Waals surface area contributed by atoms with Crippen LogP contribution in [0.25, 0.3) is 0 Å². The first-order valence-electron chi connectivity index (χ1n) is 13.1. The number of ether oxygens (including phenoxy) is 1. The fourth-order valence-electron chi connectivity index (χ4n) is 4.87. The van der Waals surface area contributed by atoms with Crippen molar-refractivity contribution in [3.05, 3.63) is 25.3 Å². The molecule has 0 aromatic carbocycles. The van der Waals surface area contributed by atoms with Gasteiger partial charge in [-0.15, -0.1) is 13.2 Å². The van der Waals surface area contributed by atoms with Gasteiger partial charge in [-0.3, -0.25) is 4.79 Å². The van der Waals surface area contributed by atoms with Crippen LogP contribution in [0.4, 0.5) is 0 Å². The molecule has 0 spiro atoms. The monoisotopic (exact) mass is 464 g/mol. The van der Waals surface area contributed by atoms with Crippen LogP contribution in [-0.2, 0) is 14.0 Å². The lowest BCUT2D eigenvalue weighted by Gasteiger charge is -2.40. The van der Waals surface area contributed by atoms with Gasteiger partial charge in [0.05, 0.1) is 0 Å². The molecule has 0 bridgehead atoms. The minimum atomic E-state index is -1.80. The van der Waals surface area contributed by atoms with Gasteiger partial charge < -0.3 is 9.16 Å². The maximum atomic E-state index is 12.3. The molecular weight excluding hydrogens is 412 g/mol. The summed E-state index contributed by atoms with van der Waals surface area (Å²) in [5.74, 6) is 1.40. The third-order valence-corrected chi connectivity index (χ3v) is 12.4. The molecule has 4 heteroatoms. The van der Waals surface area contributed by atoms with E-state index in [0.717, 1.165) is 32.1 Å². The van der Waals surface area contributed by atoms with E-state index in [-0.39, 0.29) is 17.1 Å². The average Bonchev–Trinajstić information content (AvgIpc) is 2.98. The molecule has 0 aromatic rings. The van der Waals surface area contributed by atoms with Crippen LogP contribution in [0.2, 0.25) is 18.1 Å². The number of allylic oxidation sites excluding steroid dienone is 2. The van der Waals surface area contributed by atoms with E-state index in [4.69, 9.17) is 9.16 Å². The lowest BCUT2D eigenvalue weighted by Crippen LogP contribution is -2.44. The second-order valence-corrected chi connectivity index (χ2v) is 16.3. The van der Waals surface area contributed by atoms with E-state index in [1.165, 1.54) is 19.3 Å². The Morgan fingerprint density at radius 2 is 1.81 bits per heavy atom. The fourth-order valence-corrected chi connectivity index (χ4v) is 6.29. The van der Waals surface area contributed by atoms with Gasteiger partial charge in [-0.25, -0.2) is 0 Å². The van der Waals surface area contributed by atoms with E-state index < -0.39 is 8.32 Å². The molecule has 186 valence electrons. The first-order chi connectivity index (χ1) is 15.0. The summed E-state index contributed by atoms with van der Waals surface area (Å²) >= 11 is 0. The standard InChI is InChI=1S/C28H52O3Si/c1-10-13-15-17-23(31-32(8,9)28(5,6)7)19-20-24-22(4)21-26(25(24)16-12-3)30-27(29)18-14-11-2/h11-12,22-26H,2-3,10,13-21H2,1,4-9H3/t22-,23+,24+,25-,26+/m1/s1. The Balaban J connectivity index is 2.84. The Kier molecular flexibility index (Phi) is 12.5. The first-order valence-corrected chi connectivity index (χ1v) is 16.0. The molecule has 1 saturated carbocycles. The van der Waals surface area contributed by atoms with Crippen LogP contribution in [0.3, 0.4) is 0 Å². The van der Waals surface area contributed by atoms with Gasteiger partial charge in [0.25, 0.3) is 0 Å². The molecule has 32 heavy (non-hydrogen) atoms. The summed E-state index contributed by atoms with van der Waals surface area (Å²) in [6.45, 7) is 24.0. The lowest BCUT2D eigenvalue weighted by molar-refractivity contribution is -0.151. The van der Waals surface area contributed by atoms with Gasteiger partial charge in [-0.05, 0) is 68.5 Å². The predicted molar refractivity (Wildman–Crippen MR) is 140 cm³/mol. The first kappa shape index (κ1) is 29.2. The Bertz CT molecular complexity index is 578. The molecule has 0 radical (unpaired) electrons. The number of carbonyl (C=O) groups excluding carboxylic acids is 1. The highest BCUT2D eigenvalue weighted by atomic mass is 28.4. The summed E-state index contributed by atoms with van der Waals surface area (Å²) in [6.07, 6.45) is 14.3. The van der Waals surface area contributed by atoms with Crippen molar-refractivity contribution >= 4 is 14.3 Å². The third kappa shape index (κ3) is 9.17. The number of esters is 1. The summed E-state index contributed by atoms with van der Waals surface area (Å²) in [4.78, 5) is 12.3. The zero-order valence-electron chi connectivity index (χ0n) is 22.3. The van der Waals surface area contributed by atoms with Crippen LogP contribution < -0.4 is 0 Å². The Morgan fingerprint density at radius 3 is 2.38 bits per heavy atom. The molecule has 5 atom stereocenters. The fraction of sp³-hybridized carbons (Fsp3) is 0.821. The molecule has 0 saturated heterocycles. The van der Waals surface area contributed by atoms with Gasteiger partial charge in [-0.2, -0.15) is 0 Å². The maximum absolute atomic E-state index is 12.3. The Hall–Kier alpha value is -0.873. The van der Waals surface area contributed by atoms with E-state index in [9.17, 15) is 4.79 Å². The lowest BCUT2D eigenvalue weighted by atomic mass is 9.83. The number of rotatable bonds is 15. The molecule has 0 aliphatic heterocycles. The topological polar surface area (TPSA) is 35.5 Å². The normalized spacial score (nSPS) is 24.8. The van der Waals surface area contributed by atoms with Crippen molar-refractivity contribution in [1.82, 2.24) is 0 Å². The van der Waals surface area contributed by atoms with Crippen molar-refractivity contribution in [3.63, 3.8) is 0 Å². The van der Waals surface area contributed by atoms with Crippen LogP contribution in [0.1, 0.15) is 98.8 Å². The van der Waals surface area contributed by atoms with E-state index in [0.29, 0.717) is 36.7 Å². The summed E-state index contributed by atoms with van der Waals surface area (Å²) in [5, 5.41) is 0.229. The average molecular weight is 465 g/mol. The zero-order valence-corrected chi connectivity index (χ0v) is 23.3. The highest BCUT2D eigenvalue weighted by Crippen LogP contribution is 2.45. The van der Waals surface area contributed by atoms with Gasteiger partial charge in [0.1, 0.15) is 6.10 Å². The van der Waals surface area contributed by atoms with Crippen molar-refractivity contribution < 1.29 is 14.0 Å². The van der Waals surface area contributed by atoms with E-state index in [1.807, 2.05) is 6.08 Å². The van der Waals surface area contributed by atoms with Crippen molar-refractivity contribution in [2.24, 2.45) is 17.8 Å². The van der Waals surface area contributed by atoms with Gasteiger partial charge in [0, 0.05) is 18.4 Å². The molecule has 0 amide bonds. The maximum Gasteiger partial charge on any atom is 0.306 e. The minimum Gasteiger partial charge on any atom is -0.462 e. The molecule has 1 aliphatic carbocycles. The minimum absolute atomic E-state index is 0.0187. The number of hydrogen-bond donors (Lipinski definition) is 0. The second kappa shape index (κ2) is 13.7. The molecular formula is C28H52O3Si. The second-order valence-electron chi connectivity index (χ2n) is 11.5. The van der Waals surface area contributed by atoms with Crippen LogP contribution in [-0.4, -0.2) is 26.5 Å². The predicted octanol–water partition coefficient (Wildman–Crippen LogP) is 8.46. The largest absolute Gasteiger partial charge is 0.462 e.